The summed E-state index contributed by atoms with van der Waals surface area (Å²) in [4.78, 5) is 18.0. The minimum Gasteiger partial charge on any atom is -0.507 e. The van der Waals surface area contributed by atoms with Gasteiger partial charge in [-0.15, -0.1) is 0 Å². The van der Waals surface area contributed by atoms with E-state index in [1.807, 2.05) is 42.5 Å². The molecular weight excluding hydrogens is 428 g/mol. The number of piperidine rings is 1. The molecule has 0 amide bonds. The maximum atomic E-state index is 10.4. The number of aromatic hydroxyl groups is 1. The normalized spacial score (nSPS) is 13.8. The Balaban J connectivity index is 1.53. The van der Waals surface area contributed by atoms with Crippen molar-refractivity contribution in [3.63, 3.8) is 0 Å². The van der Waals surface area contributed by atoms with E-state index >= 15 is 0 Å². The van der Waals surface area contributed by atoms with Crippen LogP contribution in [-0.2, 0) is 0 Å². The van der Waals surface area contributed by atoms with Crippen LogP contribution in [0.1, 0.15) is 38.7 Å². The third kappa shape index (κ3) is 5.92. The second-order valence-corrected chi connectivity index (χ2v) is 8.11. The molecule has 0 atom stereocenters. The first kappa shape index (κ1) is 23.3. The smallest absolute Gasteiger partial charge is 0.250 e. The van der Waals surface area contributed by atoms with Gasteiger partial charge in [0.25, 0.3) is 0 Å². The number of phenolic OH excluding ortho intramolecular Hbond substituents is 1. The first-order chi connectivity index (χ1) is 16.7. The number of rotatable bonds is 9. The van der Waals surface area contributed by atoms with Gasteiger partial charge in [-0.05, 0) is 57.4 Å². The minimum atomic E-state index is 0.172. The minimum absolute atomic E-state index is 0.172. The highest BCUT2D eigenvalue weighted by molar-refractivity contribution is 5.84. The van der Waals surface area contributed by atoms with Gasteiger partial charge in [0.05, 0.1) is 6.21 Å². The highest BCUT2D eigenvalue weighted by atomic mass is 16.3. The zero-order valence-electron chi connectivity index (χ0n) is 19.8. The highest BCUT2D eigenvalue weighted by Crippen LogP contribution is 2.24. The quantitative estimate of drug-likeness (QED) is 0.314. The van der Waals surface area contributed by atoms with Crippen molar-refractivity contribution in [1.29, 1.82) is 0 Å². The number of hydrogen-bond donors (Lipinski definition) is 3. The van der Waals surface area contributed by atoms with Crippen LogP contribution in [-0.4, -0.2) is 52.5 Å². The molecule has 0 bridgehead atoms. The monoisotopic (exact) mass is 460 g/mol. The van der Waals surface area contributed by atoms with E-state index < -0.39 is 0 Å². The van der Waals surface area contributed by atoms with Gasteiger partial charge in [-0.25, -0.2) is 5.43 Å². The third-order valence-corrected chi connectivity index (χ3v) is 5.80. The lowest BCUT2D eigenvalue weighted by Gasteiger charge is -2.26. The van der Waals surface area contributed by atoms with Crippen LogP contribution < -0.4 is 20.5 Å². The lowest BCUT2D eigenvalue weighted by molar-refractivity contribution is 0.474. The van der Waals surface area contributed by atoms with Crippen LogP contribution >= 0.6 is 0 Å². The topological polar surface area (TPSA) is 102 Å². The fourth-order valence-electron chi connectivity index (χ4n) is 3.94. The van der Waals surface area contributed by atoms with Crippen molar-refractivity contribution >= 4 is 35.4 Å². The third-order valence-electron chi connectivity index (χ3n) is 5.80. The predicted octanol–water partition coefficient (Wildman–Crippen LogP) is 4.60. The van der Waals surface area contributed by atoms with Crippen LogP contribution in [0.5, 0.6) is 5.75 Å². The molecule has 2 aromatic carbocycles. The van der Waals surface area contributed by atoms with E-state index in [4.69, 9.17) is 0 Å². The maximum Gasteiger partial charge on any atom is 0.250 e. The van der Waals surface area contributed by atoms with Gasteiger partial charge in [0, 0.05) is 49.2 Å². The maximum absolute atomic E-state index is 10.4. The second-order valence-electron chi connectivity index (χ2n) is 8.11. The molecule has 1 saturated heterocycles. The summed E-state index contributed by atoms with van der Waals surface area (Å²) in [6.07, 6.45) is 5.03. The van der Waals surface area contributed by atoms with Crippen LogP contribution in [0.3, 0.4) is 0 Å². The van der Waals surface area contributed by atoms with Gasteiger partial charge in [0.15, 0.2) is 0 Å². The van der Waals surface area contributed by atoms with Gasteiger partial charge in [0.1, 0.15) is 5.75 Å². The van der Waals surface area contributed by atoms with Crippen LogP contribution in [0.2, 0.25) is 0 Å². The zero-order valence-corrected chi connectivity index (χ0v) is 19.8. The molecule has 0 aliphatic carbocycles. The molecule has 0 spiro atoms. The Morgan fingerprint density at radius 1 is 0.971 bits per heavy atom. The Morgan fingerprint density at radius 2 is 1.71 bits per heavy atom. The van der Waals surface area contributed by atoms with Crippen LogP contribution in [0.4, 0.5) is 29.2 Å². The summed E-state index contributed by atoms with van der Waals surface area (Å²) in [5.41, 5.74) is 5.39. The molecule has 1 aliphatic heterocycles. The Labute approximate surface area is 200 Å². The number of hydrazone groups is 1. The molecule has 9 nitrogen and oxygen atoms in total. The first-order valence-corrected chi connectivity index (χ1v) is 11.9. The number of phenols is 1. The molecular formula is C25H32N8O. The SMILES string of the molecule is CCN(CC)c1ccc(/C=N\Nc2nc(Nc3ccccc3)nc(N3CCCCC3)n2)c(O)c1. The molecule has 0 saturated carbocycles. The van der Waals surface area contributed by atoms with Crippen molar-refractivity contribution in [3.8, 4) is 5.75 Å². The molecule has 9 heteroatoms. The lowest BCUT2D eigenvalue weighted by Crippen LogP contribution is -2.31. The molecule has 1 aromatic heterocycles. The number of benzene rings is 2. The number of nitrogens with one attached hydrogen (secondary N) is 2. The number of para-hydroxylation sites is 1. The van der Waals surface area contributed by atoms with Crippen molar-refractivity contribution in [3.05, 3.63) is 54.1 Å². The average Bonchev–Trinajstić information content (AvgIpc) is 2.87. The molecule has 1 fully saturated rings. The van der Waals surface area contributed by atoms with Crippen molar-refractivity contribution in [2.75, 3.05) is 46.7 Å². The zero-order chi connectivity index (χ0) is 23.8. The highest BCUT2D eigenvalue weighted by Gasteiger charge is 2.16. The van der Waals surface area contributed by atoms with Crippen molar-refractivity contribution in [1.82, 2.24) is 15.0 Å². The lowest BCUT2D eigenvalue weighted by atomic mass is 10.1. The number of anilines is 5. The summed E-state index contributed by atoms with van der Waals surface area (Å²) in [6, 6.07) is 15.4. The summed E-state index contributed by atoms with van der Waals surface area (Å²) in [5, 5.41) is 18.0. The first-order valence-electron chi connectivity index (χ1n) is 11.9. The van der Waals surface area contributed by atoms with E-state index in [0.29, 0.717) is 23.4 Å². The summed E-state index contributed by atoms with van der Waals surface area (Å²) in [7, 11) is 0. The van der Waals surface area contributed by atoms with E-state index in [2.05, 4.69) is 54.4 Å². The largest absolute Gasteiger partial charge is 0.507 e. The molecule has 4 rings (SSSR count). The number of nitrogens with zero attached hydrogens (tertiary/aromatic N) is 6. The molecule has 34 heavy (non-hydrogen) atoms. The van der Waals surface area contributed by atoms with E-state index in [1.165, 1.54) is 6.42 Å². The molecule has 178 valence electrons. The van der Waals surface area contributed by atoms with E-state index in [-0.39, 0.29) is 5.75 Å². The summed E-state index contributed by atoms with van der Waals surface area (Å²) in [6.45, 7) is 7.78. The van der Waals surface area contributed by atoms with Gasteiger partial charge in [0.2, 0.25) is 17.8 Å². The van der Waals surface area contributed by atoms with E-state index in [0.717, 1.165) is 50.4 Å². The molecule has 1 aliphatic rings. The molecule has 3 N–H and O–H groups in total. The fraction of sp³-hybridized carbons (Fsp3) is 0.360. The molecule has 0 unspecified atom stereocenters. The van der Waals surface area contributed by atoms with Crippen molar-refractivity contribution in [2.45, 2.75) is 33.1 Å². The Kier molecular flexibility index (Phi) is 7.75. The van der Waals surface area contributed by atoms with Gasteiger partial charge in [-0.3, -0.25) is 0 Å². The average molecular weight is 461 g/mol. The van der Waals surface area contributed by atoms with Crippen LogP contribution in [0, 0.1) is 0 Å². The van der Waals surface area contributed by atoms with Crippen molar-refractivity contribution < 1.29 is 5.11 Å². The number of hydrogen-bond acceptors (Lipinski definition) is 9. The number of aromatic nitrogens is 3. The van der Waals surface area contributed by atoms with E-state index in [9.17, 15) is 5.11 Å². The Bertz CT molecular complexity index is 1100. The molecule has 2 heterocycles. The molecule has 0 radical (unpaired) electrons. The summed E-state index contributed by atoms with van der Waals surface area (Å²) >= 11 is 0. The van der Waals surface area contributed by atoms with Gasteiger partial charge >= 0.3 is 0 Å². The van der Waals surface area contributed by atoms with Gasteiger partial charge < -0.3 is 20.2 Å². The van der Waals surface area contributed by atoms with Crippen LogP contribution in [0.25, 0.3) is 0 Å². The Hall–Kier alpha value is -3.88. The standard InChI is InChI=1S/C25H32N8O/c1-3-32(4-2)21-14-13-19(22(34)17-21)18-26-31-24-28-23(27-20-11-7-5-8-12-20)29-25(30-24)33-15-9-6-10-16-33/h5,7-8,11-14,17-18,34H,3-4,6,9-10,15-16H2,1-2H3,(H2,27,28,29,30,31)/b26-18-. The van der Waals surface area contributed by atoms with Crippen molar-refractivity contribution in [2.24, 2.45) is 5.10 Å². The summed E-state index contributed by atoms with van der Waals surface area (Å²) < 4.78 is 0. The Morgan fingerprint density at radius 3 is 2.41 bits per heavy atom. The van der Waals surface area contributed by atoms with Gasteiger partial charge in [-0.1, -0.05) is 18.2 Å². The fourth-order valence-corrected chi connectivity index (χ4v) is 3.94. The molecule has 3 aromatic rings. The van der Waals surface area contributed by atoms with E-state index in [1.54, 1.807) is 12.3 Å². The summed E-state index contributed by atoms with van der Waals surface area (Å²) in [5.74, 6) is 1.58. The van der Waals surface area contributed by atoms with Crippen LogP contribution in [0.15, 0.2) is 53.6 Å². The van der Waals surface area contributed by atoms with Gasteiger partial charge in [-0.2, -0.15) is 20.1 Å². The predicted molar refractivity (Wildman–Crippen MR) is 139 cm³/mol. The second kappa shape index (κ2) is 11.3.